The Balaban J connectivity index is 0.000000523. The van der Waals surface area contributed by atoms with Crippen LogP contribution < -0.4 is 18.6 Å². The summed E-state index contributed by atoms with van der Waals surface area (Å²) in [6, 6.07) is 9.79. The van der Waals surface area contributed by atoms with Gasteiger partial charge in [-0.2, -0.15) is 16.8 Å². The van der Waals surface area contributed by atoms with Gasteiger partial charge in [0.15, 0.2) is 11.5 Å². The summed E-state index contributed by atoms with van der Waals surface area (Å²) in [6.07, 6.45) is 0. The van der Waals surface area contributed by atoms with Gasteiger partial charge in [-0.05, 0) is 24.3 Å². The Morgan fingerprint density at radius 2 is 0.966 bits per heavy atom. The Bertz CT molecular complexity index is 992. The molecular formula is C14H10MgO12S2. The number of carbonyl (C=O) groups excluding carboxylic acids is 2. The Labute approximate surface area is 180 Å². The van der Waals surface area contributed by atoms with Crippen molar-refractivity contribution in [2.24, 2.45) is 0 Å². The summed E-state index contributed by atoms with van der Waals surface area (Å²) in [6.45, 7) is 0. The number of hydrogen-bond donors (Lipinski definition) is 2. The summed E-state index contributed by atoms with van der Waals surface area (Å²) in [5.74, 6) is -4.17. The minimum absolute atomic E-state index is 0. The quantitative estimate of drug-likeness (QED) is 0.358. The van der Waals surface area contributed by atoms with E-state index in [2.05, 4.69) is 8.37 Å². The van der Waals surface area contributed by atoms with Crippen LogP contribution in [0, 0.1) is 0 Å². The minimum Gasteiger partial charge on any atom is -0.545 e. The predicted octanol–water partition coefficient (Wildman–Crippen LogP) is -1.92. The fourth-order valence-corrected chi connectivity index (χ4v) is 2.39. The summed E-state index contributed by atoms with van der Waals surface area (Å²) in [5, 5.41) is 20.9. The fourth-order valence-electron chi connectivity index (χ4n) is 1.64. The van der Waals surface area contributed by atoms with Crippen LogP contribution in [0.25, 0.3) is 0 Å². The van der Waals surface area contributed by atoms with Crippen molar-refractivity contribution in [2.75, 3.05) is 0 Å². The molecule has 0 amide bonds. The zero-order valence-electron chi connectivity index (χ0n) is 14.1. The molecule has 2 N–H and O–H groups in total. The third-order valence-corrected chi connectivity index (χ3v) is 3.38. The van der Waals surface area contributed by atoms with Crippen molar-refractivity contribution < 1.29 is 54.1 Å². The molecule has 2 aromatic rings. The zero-order valence-corrected chi connectivity index (χ0v) is 17.2. The standard InChI is InChI=1S/2C7H6O6S.Mg/c2*8-7(9)5-3-1-2-4-6(5)13-14(10,11)12;/h2*1-4H,(H,8,9)(H,10,11,12);/q;;+2/p-2. The Kier molecular flexibility index (Phi) is 10.0. The summed E-state index contributed by atoms with van der Waals surface area (Å²) in [4.78, 5) is 20.9. The Morgan fingerprint density at radius 1 is 0.690 bits per heavy atom. The van der Waals surface area contributed by atoms with Gasteiger partial charge in [0.25, 0.3) is 0 Å². The maximum atomic E-state index is 10.4. The number of rotatable bonds is 6. The number of para-hydroxylation sites is 2. The van der Waals surface area contributed by atoms with E-state index >= 15 is 0 Å². The van der Waals surface area contributed by atoms with Crippen LogP contribution in [-0.2, 0) is 20.8 Å². The van der Waals surface area contributed by atoms with Crippen LogP contribution in [0.4, 0.5) is 0 Å². The Morgan fingerprint density at radius 3 is 1.21 bits per heavy atom. The number of hydrogen-bond acceptors (Lipinski definition) is 10. The third kappa shape index (κ3) is 10.1. The van der Waals surface area contributed by atoms with Gasteiger partial charge in [0.05, 0.1) is 11.9 Å². The summed E-state index contributed by atoms with van der Waals surface area (Å²) < 4.78 is 65.8. The van der Waals surface area contributed by atoms with E-state index in [9.17, 15) is 36.6 Å². The van der Waals surface area contributed by atoms with Crippen molar-refractivity contribution in [3.05, 3.63) is 59.7 Å². The van der Waals surface area contributed by atoms with Crippen molar-refractivity contribution in [2.45, 2.75) is 0 Å². The molecule has 0 aromatic heterocycles. The maximum absolute atomic E-state index is 10.4. The molecule has 0 aliphatic carbocycles. The van der Waals surface area contributed by atoms with Gasteiger partial charge in [-0.25, -0.2) is 0 Å². The van der Waals surface area contributed by atoms with Crippen molar-refractivity contribution >= 4 is 55.8 Å². The predicted molar refractivity (Wildman–Crippen MR) is 91.7 cm³/mol. The Hall–Kier alpha value is -2.43. The third-order valence-electron chi connectivity index (χ3n) is 2.60. The molecule has 0 radical (unpaired) electrons. The van der Waals surface area contributed by atoms with E-state index in [4.69, 9.17) is 9.11 Å². The smallest absolute Gasteiger partial charge is 0.545 e. The molecule has 15 heteroatoms. The molecule has 29 heavy (non-hydrogen) atoms. The van der Waals surface area contributed by atoms with Crippen molar-refractivity contribution in [3.8, 4) is 11.5 Å². The van der Waals surface area contributed by atoms with Crippen LogP contribution in [0.5, 0.6) is 11.5 Å². The van der Waals surface area contributed by atoms with Gasteiger partial charge in [0, 0.05) is 11.1 Å². The second-order valence-electron chi connectivity index (χ2n) is 4.59. The fraction of sp³-hybridized carbons (Fsp3) is 0. The van der Waals surface area contributed by atoms with E-state index < -0.39 is 55.4 Å². The number of carboxylic acids is 2. The zero-order chi connectivity index (χ0) is 21.5. The van der Waals surface area contributed by atoms with Gasteiger partial charge >= 0.3 is 43.9 Å². The van der Waals surface area contributed by atoms with E-state index in [1.54, 1.807) is 0 Å². The molecule has 0 unspecified atom stereocenters. The normalized spacial score (nSPS) is 10.6. The average molecular weight is 459 g/mol. The first-order chi connectivity index (χ1) is 12.8. The van der Waals surface area contributed by atoms with Crippen LogP contribution in [0.15, 0.2) is 48.5 Å². The summed E-state index contributed by atoms with van der Waals surface area (Å²) in [7, 11) is -9.45. The van der Waals surface area contributed by atoms with Crippen LogP contribution in [0.3, 0.4) is 0 Å². The van der Waals surface area contributed by atoms with Crippen LogP contribution in [0.2, 0.25) is 0 Å². The molecular weight excluding hydrogens is 449 g/mol. The molecule has 2 rings (SSSR count). The van der Waals surface area contributed by atoms with E-state index in [1.807, 2.05) is 0 Å². The molecule has 0 saturated heterocycles. The molecule has 0 aliphatic rings. The van der Waals surface area contributed by atoms with Crippen LogP contribution in [-0.4, -0.2) is 60.9 Å². The van der Waals surface area contributed by atoms with Gasteiger partial charge in [-0.1, -0.05) is 24.3 Å². The SMILES string of the molecule is O=C([O-])c1ccccc1OS(=O)(=O)O.O=C([O-])c1ccccc1OS(=O)(=O)O.[Mg+2]. The monoisotopic (exact) mass is 458 g/mol. The van der Waals surface area contributed by atoms with Gasteiger partial charge in [-0.3, -0.25) is 9.11 Å². The number of carbonyl (C=O) groups is 2. The first kappa shape index (κ1) is 26.6. The average Bonchev–Trinajstić information content (AvgIpc) is 2.53. The summed E-state index contributed by atoms with van der Waals surface area (Å²) in [5.41, 5.74) is -0.907. The van der Waals surface area contributed by atoms with Crippen LogP contribution in [0.1, 0.15) is 20.7 Å². The second-order valence-corrected chi connectivity index (χ2v) is 6.63. The number of benzene rings is 2. The molecule has 2 aromatic carbocycles. The largest absolute Gasteiger partial charge is 2.00 e. The number of aromatic carboxylic acids is 2. The van der Waals surface area contributed by atoms with E-state index in [0.29, 0.717) is 0 Å². The van der Waals surface area contributed by atoms with Gasteiger partial charge in [-0.15, -0.1) is 0 Å². The number of carboxylic acid groups (broad SMARTS) is 2. The van der Waals surface area contributed by atoms with Crippen molar-refractivity contribution in [3.63, 3.8) is 0 Å². The molecule has 152 valence electrons. The minimum atomic E-state index is -4.72. The van der Waals surface area contributed by atoms with Crippen molar-refractivity contribution in [1.29, 1.82) is 0 Å². The topological polar surface area (TPSA) is 207 Å². The molecule has 0 bridgehead atoms. The molecule has 0 spiro atoms. The van der Waals surface area contributed by atoms with Crippen molar-refractivity contribution in [1.82, 2.24) is 0 Å². The van der Waals surface area contributed by atoms with Crippen LogP contribution >= 0.6 is 0 Å². The van der Waals surface area contributed by atoms with E-state index in [1.165, 1.54) is 24.3 Å². The van der Waals surface area contributed by atoms with Gasteiger partial charge in [0.1, 0.15) is 0 Å². The molecule has 12 nitrogen and oxygen atoms in total. The van der Waals surface area contributed by atoms with Gasteiger partial charge in [0.2, 0.25) is 0 Å². The van der Waals surface area contributed by atoms with E-state index in [-0.39, 0.29) is 23.1 Å². The molecule has 0 heterocycles. The molecule has 0 fully saturated rings. The molecule has 0 aliphatic heterocycles. The first-order valence-corrected chi connectivity index (χ1v) is 9.47. The first-order valence-electron chi connectivity index (χ1n) is 6.74. The maximum Gasteiger partial charge on any atom is 2.00 e. The molecule has 0 atom stereocenters. The second kappa shape index (κ2) is 10.9. The summed E-state index contributed by atoms with van der Waals surface area (Å²) >= 11 is 0. The van der Waals surface area contributed by atoms with E-state index in [0.717, 1.165) is 24.3 Å². The van der Waals surface area contributed by atoms with Gasteiger partial charge < -0.3 is 28.2 Å². The molecule has 0 saturated carbocycles.